The molecule has 2 aromatic carbocycles. The zero-order valence-electron chi connectivity index (χ0n) is 19.2. The Kier molecular flexibility index (Phi) is 7.19. The van der Waals surface area contributed by atoms with Gasteiger partial charge in [0, 0.05) is 37.0 Å². The molecule has 1 aliphatic heterocycles. The number of nitrogens with one attached hydrogen (secondary N) is 1. The summed E-state index contributed by atoms with van der Waals surface area (Å²) in [6, 6.07) is 17.8. The Bertz CT molecular complexity index is 1100. The normalized spacial score (nSPS) is 15.4. The number of rotatable bonds is 8. The zero-order chi connectivity index (χ0) is 23.2. The van der Waals surface area contributed by atoms with E-state index in [4.69, 9.17) is 9.72 Å². The van der Waals surface area contributed by atoms with Gasteiger partial charge in [-0.05, 0) is 37.5 Å². The summed E-state index contributed by atoms with van der Waals surface area (Å²) in [7, 11) is 0. The van der Waals surface area contributed by atoms with Crippen LogP contribution in [-0.2, 0) is 14.3 Å². The summed E-state index contributed by atoms with van der Waals surface area (Å²) in [5.74, 6) is 0.0760. The summed E-state index contributed by atoms with van der Waals surface area (Å²) >= 11 is 0. The Labute approximate surface area is 194 Å². The van der Waals surface area contributed by atoms with Crippen LogP contribution in [0, 0.1) is 6.92 Å². The van der Waals surface area contributed by atoms with E-state index in [2.05, 4.69) is 5.32 Å². The highest BCUT2D eigenvalue weighted by Crippen LogP contribution is 2.25. The van der Waals surface area contributed by atoms with Gasteiger partial charge >= 0.3 is 0 Å². The summed E-state index contributed by atoms with van der Waals surface area (Å²) in [6.45, 7) is 4.94. The highest BCUT2D eigenvalue weighted by molar-refractivity contribution is 5.93. The van der Waals surface area contributed by atoms with E-state index in [9.17, 15) is 9.59 Å². The minimum Gasteiger partial charge on any atom is -0.376 e. The molecule has 0 aliphatic carbocycles. The topological polar surface area (TPSA) is 76.5 Å². The van der Waals surface area contributed by atoms with Crippen molar-refractivity contribution in [3.05, 3.63) is 66.4 Å². The predicted molar refractivity (Wildman–Crippen MR) is 128 cm³/mol. The number of carbonyl (C=O) groups is 2. The molecule has 4 rings (SSSR count). The van der Waals surface area contributed by atoms with E-state index >= 15 is 0 Å². The van der Waals surface area contributed by atoms with Crippen molar-refractivity contribution in [1.82, 2.24) is 14.5 Å². The third-order valence-electron chi connectivity index (χ3n) is 5.74. The van der Waals surface area contributed by atoms with Crippen LogP contribution in [0.1, 0.15) is 31.7 Å². The number of imidazole rings is 1. The molecule has 1 aliphatic rings. The van der Waals surface area contributed by atoms with Crippen LogP contribution in [0.2, 0.25) is 0 Å². The van der Waals surface area contributed by atoms with Crippen LogP contribution in [0.4, 0.5) is 5.95 Å². The molecule has 1 N–H and O–H groups in total. The van der Waals surface area contributed by atoms with Crippen LogP contribution < -0.4 is 5.32 Å². The molecule has 0 radical (unpaired) electrons. The lowest BCUT2D eigenvalue weighted by atomic mass is 10.2. The lowest BCUT2D eigenvalue weighted by Gasteiger charge is -2.24. The van der Waals surface area contributed by atoms with Crippen molar-refractivity contribution in [3.8, 4) is 16.9 Å². The number of amides is 2. The molecule has 7 heteroatoms. The fourth-order valence-electron chi connectivity index (χ4n) is 4.04. The third-order valence-corrected chi connectivity index (χ3v) is 5.74. The van der Waals surface area contributed by atoms with Gasteiger partial charge < -0.3 is 9.64 Å². The maximum absolute atomic E-state index is 13.0. The largest absolute Gasteiger partial charge is 0.376 e. The summed E-state index contributed by atoms with van der Waals surface area (Å²) < 4.78 is 7.55. The first kappa shape index (κ1) is 22.7. The number of anilines is 1. The molecule has 33 heavy (non-hydrogen) atoms. The number of aromatic nitrogens is 2. The second-order valence-electron chi connectivity index (χ2n) is 8.34. The number of aryl methyl sites for hydroxylation is 1. The van der Waals surface area contributed by atoms with E-state index in [1.807, 2.05) is 72.3 Å². The van der Waals surface area contributed by atoms with Crippen molar-refractivity contribution in [1.29, 1.82) is 0 Å². The van der Waals surface area contributed by atoms with Gasteiger partial charge in [-0.3, -0.25) is 19.5 Å². The van der Waals surface area contributed by atoms with Gasteiger partial charge in [-0.25, -0.2) is 4.98 Å². The summed E-state index contributed by atoms with van der Waals surface area (Å²) in [4.78, 5) is 31.8. The fourth-order valence-corrected chi connectivity index (χ4v) is 4.04. The molecule has 3 aromatic rings. The van der Waals surface area contributed by atoms with Crippen molar-refractivity contribution in [2.24, 2.45) is 0 Å². The van der Waals surface area contributed by atoms with Crippen LogP contribution >= 0.6 is 0 Å². The predicted octanol–water partition coefficient (Wildman–Crippen LogP) is 4.20. The maximum atomic E-state index is 13.0. The molecule has 2 heterocycles. The number of hydrogen-bond acceptors (Lipinski definition) is 4. The quantitative estimate of drug-likeness (QED) is 0.563. The molecule has 7 nitrogen and oxygen atoms in total. The van der Waals surface area contributed by atoms with Gasteiger partial charge in [0.2, 0.25) is 17.8 Å². The first-order chi connectivity index (χ1) is 16.0. The van der Waals surface area contributed by atoms with Gasteiger partial charge in [-0.15, -0.1) is 0 Å². The monoisotopic (exact) mass is 446 g/mol. The molecule has 1 atom stereocenters. The van der Waals surface area contributed by atoms with Crippen molar-refractivity contribution in [2.45, 2.75) is 39.2 Å². The molecular formula is C26H30N4O3. The highest BCUT2D eigenvalue weighted by atomic mass is 16.5. The zero-order valence-corrected chi connectivity index (χ0v) is 19.2. The van der Waals surface area contributed by atoms with Gasteiger partial charge in [0.15, 0.2) is 0 Å². The van der Waals surface area contributed by atoms with Gasteiger partial charge in [0.25, 0.3) is 0 Å². The molecule has 172 valence electrons. The highest BCUT2D eigenvalue weighted by Gasteiger charge is 2.24. The SMILES string of the molecule is CCC(=O)N(CC(=O)Nc1nc(-c2ccccc2)cn1-c1cccc(C)c1)C[C@H]1CCCO1. The van der Waals surface area contributed by atoms with E-state index < -0.39 is 0 Å². The second kappa shape index (κ2) is 10.4. The average Bonchev–Trinajstić information content (AvgIpc) is 3.49. The van der Waals surface area contributed by atoms with Crippen LogP contribution in [0.15, 0.2) is 60.8 Å². The van der Waals surface area contributed by atoms with Gasteiger partial charge in [0.1, 0.15) is 6.54 Å². The first-order valence-electron chi connectivity index (χ1n) is 11.4. The molecule has 1 saturated heterocycles. The van der Waals surface area contributed by atoms with Crippen molar-refractivity contribution >= 4 is 17.8 Å². The van der Waals surface area contributed by atoms with E-state index in [0.29, 0.717) is 25.5 Å². The van der Waals surface area contributed by atoms with Crippen LogP contribution in [-0.4, -0.2) is 52.1 Å². The summed E-state index contributed by atoms with van der Waals surface area (Å²) in [6.07, 6.45) is 4.15. The van der Waals surface area contributed by atoms with E-state index in [0.717, 1.165) is 35.3 Å². The van der Waals surface area contributed by atoms with E-state index in [1.165, 1.54) is 0 Å². The minimum atomic E-state index is -0.283. The van der Waals surface area contributed by atoms with Gasteiger partial charge in [-0.1, -0.05) is 49.4 Å². The number of benzene rings is 2. The molecule has 0 unspecified atom stereocenters. The smallest absolute Gasteiger partial charge is 0.246 e. The maximum Gasteiger partial charge on any atom is 0.246 e. The molecule has 0 spiro atoms. The van der Waals surface area contributed by atoms with Crippen molar-refractivity contribution in [2.75, 3.05) is 25.0 Å². The molecular weight excluding hydrogens is 416 g/mol. The van der Waals surface area contributed by atoms with Gasteiger partial charge in [0.05, 0.1) is 11.8 Å². The van der Waals surface area contributed by atoms with Crippen LogP contribution in [0.5, 0.6) is 0 Å². The van der Waals surface area contributed by atoms with Crippen molar-refractivity contribution < 1.29 is 14.3 Å². The fraction of sp³-hybridized carbons (Fsp3) is 0.346. The molecule has 0 saturated carbocycles. The lowest BCUT2D eigenvalue weighted by molar-refractivity contribution is -0.135. The Morgan fingerprint density at radius 3 is 2.70 bits per heavy atom. The molecule has 1 aromatic heterocycles. The van der Waals surface area contributed by atoms with E-state index in [-0.39, 0.29) is 24.5 Å². The Hall–Kier alpha value is -3.45. The number of carbonyl (C=O) groups excluding carboxylic acids is 2. The van der Waals surface area contributed by atoms with Crippen LogP contribution in [0.25, 0.3) is 16.9 Å². The summed E-state index contributed by atoms with van der Waals surface area (Å²) in [5, 5.41) is 2.93. The second-order valence-corrected chi connectivity index (χ2v) is 8.34. The number of hydrogen-bond donors (Lipinski definition) is 1. The standard InChI is InChI=1S/C26H30N4O3/c1-3-25(32)29(16-22-13-8-14-33-22)18-24(31)28-26-27-23(20-10-5-4-6-11-20)17-30(26)21-12-7-9-19(2)15-21/h4-7,9-12,15,17,22H,3,8,13-14,16,18H2,1-2H3,(H,27,28,31)/t22-/m1/s1. The Morgan fingerprint density at radius 1 is 1.18 bits per heavy atom. The Balaban J connectivity index is 1.58. The lowest BCUT2D eigenvalue weighted by Crippen LogP contribution is -2.42. The molecule has 0 bridgehead atoms. The van der Waals surface area contributed by atoms with Crippen molar-refractivity contribution in [3.63, 3.8) is 0 Å². The van der Waals surface area contributed by atoms with E-state index in [1.54, 1.807) is 11.8 Å². The molecule has 1 fully saturated rings. The first-order valence-corrected chi connectivity index (χ1v) is 11.4. The summed E-state index contributed by atoms with van der Waals surface area (Å²) in [5.41, 5.74) is 3.73. The third kappa shape index (κ3) is 5.68. The average molecular weight is 447 g/mol. The minimum absolute atomic E-state index is 0.00716. The molecule has 2 amide bonds. The van der Waals surface area contributed by atoms with Gasteiger partial charge in [-0.2, -0.15) is 0 Å². The Morgan fingerprint density at radius 2 is 2.00 bits per heavy atom. The van der Waals surface area contributed by atoms with Crippen LogP contribution in [0.3, 0.4) is 0 Å². The number of ether oxygens (including phenoxy) is 1. The number of nitrogens with zero attached hydrogens (tertiary/aromatic N) is 3.